The van der Waals surface area contributed by atoms with Gasteiger partial charge in [0.25, 0.3) is 0 Å². The number of rotatable bonds is 6. The van der Waals surface area contributed by atoms with Crippen molar-refractivity contribution in [1.29, 1.82) is 0 Å². The molecule has 1 saturated heterocycles. The van der Waals surface area contributed by atoms with E-state index in [1.807, 2.05) is 23.1 Å². The lowest BCUT2D eigenvalue weighted by atomic mass is 9.96. The van der Waals surface area contributed by atoms with E-state index in [-0.39, 0.29) is 11.8 Å². The molecule has 1 heterocycles. The quantitative estimate of drug-likeness (QED) is 0.864. The Balaban J connectivity index is 1.74. The Labute approximate surface area is 138 Å². The third kappa shape index (κ3) is 5.36. The standard InChI is InChI=1S/C18H27N3O2/c1-3-16(17-7-5-4-6-8-17)13-19-18(23)14-20-9-11-21(12-10-20)15(2)22/h4-8,16H,3,9-14H2,1-2H3,(H,19,23)/t16-/m1/s1. The molecule has 1 atom stereocenters. The molecular formula is C18H27N3O2. The third-order valence-electron chi connectivity index (χ3n) is 4.49. The molecule has 0 saturated carbocycles. The van der Waals surface area contributed by atoms with Crippen molar-refractivity contribution in [2.24, 2.45) is 0 Å². The van der Waals surface area contributed by atoms with E-state index < -0.39 is 0 Å². The summed E-state index contributed by atoms with van der Waals surface area (Å²) in [6.07, 6.45) is 1.00. The van der Waals surface area contributed by atoms with Gasteiger partial charge in [-0.25, -0.2) is 0 Å². The number of carbonyl (C=O) groups excluding carboxylic acids is 2. The minimum Gasteiger partial charge on any atom is -0.354 e. The Kier molecular flexibility index (Phi) is 6.59. The van der Waals surface area contributed by atoms with Crippen LogP contribution < -0.4 is 5.32 Å². The maximum absolute atomic E-state index is 12.1. The monoisotopic (exact) mass is 317 g/mol. The predicted octanol–water partition coefficient (Wildman–Crippen LogP) is 1.46. The van der Waals surface area contributed by atoms with Crippen LogP contribution in [0.3, 0.4) is 0 Å². The van der Waals surface area contributed by atoms with E-state index in [1.54, 1.807) is 6.92 Å². The van der Waals surface area contributed by atoms with E-state index in [4.69, 9.17) is 0 Å². The van der Waals surface area contributed by atoms with Gasteiger partial charge in [-0.3, -0.25) is 14.5 Å². The van der Waals surface area contributed by atoms with Crippen LogP contribution in [0.2, 0.25) is 0 Å². The first-order valence-electron chi connectivity index (χ1n) is 8.39. The van der Waals surface area contributed by atoms with E-state index >= 15 is 0 Å². The molecule has 2 amide bonds. The van der Waals surface area contributed by atoms with Gasteiger partial charge < -0.3 is 10.2 Å². The van der Waals surface area contributed by atoms with Gasteiger partial charge in [0, 0.05) is 45.6 Å². The van der Waals surface area contributed by atoms with Gasteiger partial charge in [0.05, 0.1) is 6.54 Å². The van der Waals surface area contributed by atoms with Gasteiger partial charge in [-0.2, -0.15) is 0 Å². The summed E-state index contributed by atoms with van der Waals surface area (Å²) >= 11 is 0. The zero-order valence-electron chi connectivity index (χ0n) is 14.1. The topological polar surface area (TPSA) is 52.7 Å². The summed E-state index contributed by atoms with van der Waals surface area (Å²) in [5, 5.41) is 3.05. The Morgan fingerprint density at radius 3 is 2.35 bits per heavy atom. The van der Waals surface area contributed by atoms with Crippen molar-refractivity contribution in [3.63, 3.8) is 0 Å². The van der Waals surface area contributed by atoms with Gasteiger partial charge in [0.2, 0.25) is 11.8 Å². The highest BCUT2D eigenvalue weighted by atomic mass is 16.2. The molecular weight excluding hydrogens is 290 g/mol. The molecule has 0 aromatic heterocycles. The molecule has 0 spiro atoms. The molecule has 1 aromatic carbocycles. The van der Waals surface area contributed by atoms with E-state index in [9.17, 15) is 9.59 Å². The first-order chi connectivity index (χ1) is 11.1. The number of amides is 2. The average Bonchev–Trinajstić information content (AvgIpc) is 2.57. The molecule has 5 nitrogen and oxygen atoms in total. The average molecular weight is 317 g/mol. The lowest BCUT2D eigenvalue weighted by Crippen LogP contribution is -2.50. The molecule has 2 rings (SSSR count). The summed E-state index contributed by atoms with van der Waals surface area (Å²) in [6.45, 7) is 7.78. The van der Waals surface area contributed by atoms with Crippen LogP contribution in [0.25, 0.3) is 0 Å². The first kappa shape index (κ1) is 17.5. The molecule has 126 valence electrons. The fourth-order valence-electron chi connectivity index (χ4n) is 2.94. The van der Waals surface area contributed by atoms with Gasteiger partial charge in [0.15, 0.2) is 0 Å². The van der Waals surface area contributed by atoms with Crippen molar-refractivity contribution in [2.45, 2.75) is 26.2 Å². The minimum absolute atomic E-state index is 0.0654. The second-order valence-electron chi connectivity index (χ2n) is 6.10. The van der Waals surface area contributed by atoms with Gasteiger partial charge in [0.1, 0.15) is 0 Å². The van der Waals surface area contributed by atoms with Crippen LogP contribution in [0.5, 0.6) is 0 Å². The highest BCUT2D eigenvalue weighted by molar-refractivity contribution is 5.78. The van der Waals surface area contributed by atoms with Gasteiger partial charge in [-0.15, -0.1) is 0 Å². The number of hydrogen-bond acceptors (Lipinski definition) is 3. The Morgan fingerprint density at radius 2 is 1.78 bits per heavy atom. The van der Waals surface area contributed by atoms with E-state index in [0.29, 0.717) is 32.1 Å². The highest BCUT2D eigenvalue weighted by Gasteiger charge is 2.20. The lowest BCUT2D eigenvalue weighted by molar-refractivity contribution is -0.131. The fourth-order valence-corrected chi connectivity index (χ4v) is 2.94. The zero-order valence-corrected chi connectivity index (χ0v) is 14.1. The predicted molar refractivity (Wildman–Crippen MR) is 91.2 cm³/mol. The summed E-state index contributed by atoms with van der Waals surface area (Å²) in [7, 11) is 0. The molecule has 0 aliphatic carbocycles. The van der Waals surface area contributed by atoms with Gasteiger partial charge in [-0.1, -0.05) is 37.3 Å². The second kappa shape index (κ2) is 8.67. The van der Waals surface area contributed by atoms with Crippen molar-refractivity contribution in [3.8, 4) is 0 Å². The van der Waals surface area contributed by atoms with Gasteiger partial charge in [-0.05, 0) is 12.0 Å². The van der Waals surface area contributed by atoms with Gasteiger partial charge >= 0.3 is 0 Å². The maximum Gasteiger partial charge on any atom is 0.234 e. The molecule has 1 aliphatic heterocycles. The number of carbonyl (C=O) groups is 2. The summed E-state index contributed by atoms with van der Waals surface area (Å²) in [5.74, 6) is 0.535. The van der Waals surface area contributed by atoms with Crippen LogP contribution in [0, 0.1) is 0 Å². The van der Waals surface area contributed by atoms with Crippen LogP contribution in [0.1, 0.15) is 31.7 Å². The number of piperazine rings is 1. The Morgan fingerprint density at radius 1 is 1.13 bits per heavy atom. The van der Waals surface area contributed by atoms with Crippen LogP contribution in [0.4, 0.5) is 0 Å². The zero-order chi connectivity index (χ0) is 16.7. The van der Waals surface area contributed by atoms with Crippen LogP contribution in [0.15, 0.2) is 30.3 Å². The summed E-state index contributed by atoms with van der Waals surface area (Å²) in [5.41, 5.74) is 1.27. The smallest absolute Gasteiger partial charge is 0.234 e. The molecule has 5 heteroatoms. The number of nitrogens with zero attached hydrogens (tertiary/aromatic N) is 2. The van der Waals surface area contributed by atoms with Crippen LogP contribution in [-0.2, 0) is 9.59 Å². The van der Waals surface area contributed by atoms with Crippen LogP contribution in [-0.4, -0.2) is 60.9 Å². The molecule has 0 unspecified atom stereocenters. The first-order valence-corrected chi connectivity index (χ1v) is 8.39. The Bertz CT molecular complexity index is 510. The maximum atomic E-state index is 12.1. The highest BCUT2D eigenvalue weighted by Crippen LogP contribution is 2.17. The lowest BCUT2D eigenvalue weighted by Gasteiger charge is -2.33. The van der Waals surface area contributed by atoms with Crippen molar-refractivity contribution < 1.29 is 9.59 Å². The molecule has 1 N–H and O–H groups in total. The summed E-state index contributed by atoms with van der Waals surface area (Å²) in [6, 6.07) is 10.3. The summed E-state index contributed by atoms with van der Waals surface area (Å²) in [4.78, 5) is 27.4. The van der Waals surface area contributed by atoms with Crippen molar-refractivity contribution in [1.82, 2.24) is 15.1 Å². The van der Waals surface area contributed by atoms with Crippen molar-refractivity contribution in [2.75, 3.05) is 39.3 Å². The number of nitrogens with one attached hydrogen (secondary N) is 1. The molecule has 0 radical (unpaired) electrons. The number of benzene rings is 1. The molecule has 1 aromatic rings. The van der Waals surface area contributed by atoms with E-state index in [0.717, 1.165) is 19.5 Å². The SMILES string of the molecule is CC[C@H](CNC(=O)CN1CCN(C(C)=O)CC1)c1ccccc1. The normalized spacial score (nSPS) is 16.9. The van der Waals surface area contributed by atoms with E-state index in [1.165, 1.54) is 5.56 Å². The van der Waals surface area contributed by atoms with Crippen molar-refractivity contribution in [3.05, 3.63) is 35.9 Å². The number of hydrogen-bond donors (Lipinski definition) is 1. The second-order valence-corrected chi connectivity index (χ2v) is 6.10. The van der Waals surface area contributed by atoms with Crippen molar-refractivity contribution >= 4 is 11.8 Å². The third-order valence-corrected chi connectivity index (χ3v) is 4.49. The Hall–Kier alpha value is -1.88. The largest absolute Gasteiger partial charge is 0.354 e. The molecule has 1 aliphatic rings. The van der Waals surface area contributed by atoms with E-state index in [2.05, 4.69) is 29.3 Å². The fraction of sp³-hybridized carbons (Fsp3) is 0.556. The summed E-state index contributed by atoms with van der Waals surface area (Å²) < 4.78 is 0. The minimum atomic E-state index is 0.0654. The molecule has 23 heavy (non-hydrogen) atoms. The van der Waals surface area contributed by atoms with Crippen LogP contribution >= 0.6 is 0 Å². The molecule has 1 fully saturated rings. The molecule has 0 bridgehead atoms.